The molecule has 1 N–H and O–H groups in total. The zero-order valence-corrected chi connectivity index (χ0v) is 9.97. The monoisotopic (exact) mass is 238 g/mol. The molecule has 0 saturated carbocycles. The highest BCUT2D eigenvalue weighted by atomic mass is 16.4. The van der Waals surface area contributed by atoms with Gasteiger partial charge in [-0.25, -0.2) is 0 Å². The normalized spacial score (nSPS) is 10.0. The Morgan fingerprint density at radius 3 is 2.44 bits per heavy atom. The van der Waals surface area contributed by atoms with Crippen molar-refractivity contribution >= 4 is 12.0 Å². The fourth-order valence-electron chi connectivity index (χ4n) is 2.03. The minimum Gasteiger partial charge on any atom is -0.481 e. The lowest BCUT2D eigenvalue weighted by atomic mass is 9.93. The summed E-state index contributed by atoms with van der Waals surface area (Å²) in [6.45, 7) is 3.74. The summed E-state index contributed by atoms with van der Waals surface area (Å²) in [5.74, 6) is -0.832. The summed E-state index contributed by atoms with van der Waals surface area (Å²) in [5, 5.41) is 9.02. The average molecular weight is 238 g/mol. The predicted molar refractivity (Wildman–Crippen MR) is 73.3 cm³/mol. The molecule has 0 aliphatic heterocycles. The topological polar surface area (TPSA) is 37.3 Å². The lowest BCUT2D eigenvalue weighted by Gasteiger charge is -2.11. The van der Waals surface area contributed by atoms with Crippen LogP contribution in [0.4, 0.5) is 0 Å². The maximum Gasteiger partial charge on any atom is 0.307 e. The molecule has 0 aromatic heterocycles. The molecule has 0 bridgehead atoms. The number of hydrogen-bond donors (Lipinski definition) is 1. The Kier molecular flexibility index (Phi) is 3.58. The summed E-state index contributed by atoms with van der Waals surface area (Å²) >= 11 is 0. The van der Waals surface area contributed by atoms with E-state index in [9.17, 15) is 4.79 Å². The molecular weight excluding hydrogens is 224 g/mol. The molecule has 0 aliphatic carbocycles. The molecule has 0 spiro atoms. The van der Waals surface area contributed by atoms with Gasteiger partial charge >= 0.3 is 5.97 Å². The van der Waals surface area contributed by atoms with Gasteiger partial charge in [0.1, 0.15) is 0 Å². The molecular formula is C16H14O2. The molecule has 0 heterocycles. The smallest absolute Gasteiger partial charge is 0.307 e. The van der Waals surface area contributed by atoms with Gasteiger partial charge in [-0.3, -0.25) is 4.79 Å². The van der Waals surface area contributed by atoms with Gasteiger partial charge in [0.2, 0.25) is 0 Å². The van der Waals surface area contributed by atoms with Gasteiger partial charge in [0, 0.05) is 0 Å². The van der Waals surface area contributed by atoms with Crippen LogP contribution in [0.3, 0.4) is 0 Å². The molecule has 0 atom stereocenters. The third-order valence-corrected chi connectivity index (χ3v) is 2.84. The highest BCUT2D eigenvalue weighted by Gasteiger charge is 2.11. The van der Waals surface area contributed by atoms with Gasteiger partial charge in [-0.1, -0.05) is 61.2 Å². The van der Waals surface area contributed by atoms with E-state index in [4.69, 9.17) is 5.11 Å². The van der Waals surface area contributed by atoms with Crippen LogP contribution in [0, 0.1) is 0 Å². The van der Waals surface area contributed by atoms with Crippen LogP contribution in [-0.2, 0) is 11.2 Å². The van der Waals surface area contributed by atoms with Gasteiger partial charge < -0.3 is 5.11 Å². The van der Waals surface area contributed by atoms with Crippen LogP contribution in [-0.4, -0.2) is 11.1 Å². The number of carbonyl (C=O) groups is 1. The van der Waals surface area contributed by atoms with Crippen LogP contribution in [0.5, 0.6) is 0 Å². The quantitative estimate of drug-likeness (QED) is 0.883. The second-order valence-corrected chi connectivity index (χ2v) is 4.01. The zero-order chi connectivity index (χ0) is 13.0. The van der Waals surface area contributed by atoms with Crippen molar-refractivity contribution in [3.05, 3.63) is 66.2 Å². The van der Waals surface area contributed by atoms with Gasteiger partial charge in [-0.2, -0.15) is 0 Å². The maximum atomic E-state index is 11.0. The molecule has 0 fully saturated rings. The molecule has 2 heteroatoms. The van der Waals surface area contributed by atoms with E-state index >= 15 is 0 Å². The van der Waals surface area contributed by atoms with Crippen molar-refractivity contribution in [1.82, 2.24) is 0 Å². The fraction of sp³-hybridized carbons (Fsp3) is 0.0625. The van der Waals surface area contributed by atoms with Crippen LogP contribution >= 0.6 is 0 Å². The van der Waals surface area contributed by atoms with Gasteiger partial charge in [-0.15, -0.1) is 0 Å². The largest absolute Gasteiger partial charge is 0.481 e. The van der Waals surface area contributed by atoms with Crippen molar-refractivity contribution < 1.29 is 9.90 Å². The Balaban J connectivity index is 2.59. The van der Waals surface area contributed by atoms with Crippen molar-refractivity contribution in [2.75, 3.05) is 0 Å². The molecule has 2 nitrogen and oxygen atoms in total. The second kappa shape index (κ2) is 5.32. The highest BCUT2D eigenvalue weighted by Crippen LogP contribution is 2.27. The van der Waals surface area contributed by atoms with E-state index in [1.807, 2.05) is 48.5 Å². The standard InChI is InChI=1S/C16H14O2/c1-2-12-9-6-10-14(15(12)11-16(17)18)13-7-4-3-5-8-13/h2-10H,1,11H2,(H,17,18). The first-order valence-corrected chi connectivity index (χ1v) is 5.74. The summed E-state index contributed by atoms with van der Waals surface area (Å²) in [7, 11) is 0. The van der Waals surface area contributed by atoms with Gasteiger partial charge in [-0.05, 0) is 22.3 Å². The van der Waals surface area contributed by atoms with E-state index in [-0.39, 0.29) is 6.42 Å². The zero-order valence-electron chi connectivity index (χ0n) is 9.97. The highest BCUT2D eigenvalue weighted by molar-refractivity contribution is 5.80. The first-order valence-electron chi connectivity index (χ1n) is 5.74. The molecule has 0 aliphatic rings. The number of carboxylic acids is 1. The van der Waals surface area contributed by atoms with Crippen molar-refractivity contribution in [3.8, 4) is 11.1 Å². The van der Waals surface area contributed by atoms with Crippen molar-refractivity contribution in [1.29, 1.82) is 0 Å². The Bertz CT molecular complexity index is 571. The first-order chi connectivity index (χ1) is 8.72. The summed E-state index contributed by atoms with van der Waals surface area (Å²) in [5.41, 5.74) is 3.66. The molecule has 0 unspecified atom stereocenters. The Labute approximate surface area is 106 Å². The van der Waals surface area contributed by atoms with Gasteiger partial charge in [0.15, 0.2) is 0 Å². The van der Waals surface area contributed by atoms with Crippen molar-refractivity contribution in [2.45, 2.75) is 6.42 Å². The minimum atomic E-state index is -0.832. The minimum absolute atomic E-state index is 0.00637. The van der Waals surface area contributed by atoms with Crippen LogP contribution in [0.25, 0.3) is 17.2 Å². The maximum absolute atomic E-state index is 11.0. The number of rotatable bonds is 4. The summed E-state index contributed by atoms with van der Waals surface area (Å²) < 4.78 is 0. The fourth-order valence-corrected chi connectivity index (χ4v) is 2.03. The van der Waals surface area contributed by atoms with Gasteiger partial charge in [0.05, 0.1) is 6.42 Å². The van der Waals surface area contributed by atoms with Crippen LogP contribution in [0.15, 0.2) is 55.1 Å². The lowest BCUT2D eigenvalue weighted by molar-refractivity contribution is -0.136. The Morgan fingerprint density at radius 1 is 1.11 bits per heavy atom. The molecule has 0 amide bonds. The summed E-state index contributed by atoms with van der Waals surface area (Å²) in [4.78, 5) is 11.0. The predicted octanol–water partition coefficient (Wildman–Crippen LogP) is 3.62. The second-order valence-electron chi connectivity index (χ2n) is 4.01. The molecule has 90 valence electrons. The summed E-state index contributed by atoms with van der Waals surface area (Å²) in [6, 6.07) is 15.5. The summed E-state index contributed by atoms with van der Waals surface area (Å²) in [6.07, 6.45) is 1.71. The lowest BCUT2D eigenvalue weighted by Crippen LogP contribution is -2.04. The first kappa shape index (κ1) is 12.1. The molecule has 0 saturated heterocycles. The van der Waals surface area contributed by atoms with E-state index in [2.05, 4.69) is 6.58 Å². The number of hydrogen-bond acceptors (Lipinski definition) is 1. The molecule has 0 radical (unpaired) electrons. The number of benzene rings is 2. The van der Waals surface area contributed by atoms with Crippen molar-refractivity contribution in [2.24, 2.45) is 0 Å². The number of carboxylic acid groups (broad SMARTS) is 1. The van der Waals surface area contributed by atoms with Crippen LogP contribution < -0.4 is 0 Å². The van der Waals surface area contributed by atoms with Crippen molar-refractivity contribution in [3.63, 3.8) is 0 Å². The van der Waals surface area contributed by atoms with Crippen LogP contribution in [0.1, 0.15) is 11.1 Å². The average Bonchev–Trinajstić information content (AvgIpc) is 2.39. The molecule has 2 rings (SSSR count). The Hall–Kier alpha value is -2.35. The third-order valence-electron chi connectivity index (χ3n) is 2.84. The van der Waals surface area contributed by atoms with E-state index in [0.29, 0.717) is 0 Å². The molecule has 2 aromatic carbocycles. The SMILES string of the molecule is C=Cc1cccc(-c2ccccc2)c1CC(=O)O. The van der Waals surface area contributed by atoms with E-state index in [1.165, 1.54) is 0 Å². The van der Waals surface area contributed by atoms with E-state index in [0.717, 1.165) is 22.3 Å². The number of aliphatic carboxylic acids is 1. The molecule has 2 aromatic rings. The van der Waals surface area contributed by atoms with Gasteiger partial charge in [0.25, 0.3) is 0 Å². The van der Waals surface area contributed by atoms with E-state index < -0.39 is 5.97 Å². The van der Waals surface area contributed by atoms with E-state index in [1.54, 1.807) is 6.08 Å². The third kappa shape index (κ3) is 2.48. The molecule has 18 heavy (non-hydrogen) atoms. The Morgan fingerprint density at radius 2 is 1.83 bits per heavy atom. The van der Waals surface area contributed by atoms with Crippen LogP contribution in [0.2, 0.25) is 0 Å².